The summed E-state index contributed by atoms with van der Waals surface area (Å²) in [6, 6.07) is 0. The van der Waals surface area contributed by atoms with Gasteiger partial charge in [-0.15, -0.1) is 0 Å². The molecule has 0 aliphatic heterocycles. The van der Waals surface area contributed by atoms with Crippen molar-refractivity contribution in [2.75, 3.05) is 0 Å². The van der Waals surface area contributed by atoms with Crippen molar-refractivity contribution in [1.82, 2.24) is 0 Å². The van der Waals surface area contributed by atoms with Crippen molar-refractivity contribution in [2.45, 2.75) is 38.5 Å². The van der Waals surface area contributed by atoms with Gasteiger partial charge in [-0.2, -0.15) is 0 Å². The molecule has 15 rings (SSSR count). The Hall–Kier alpha value is 0. The van der Waals surface area contributed by atoms with Gasteiger partial charge in [-0.05, 0) is 191 Å². The second kappa shape index (κ2) is 3.44. The van der Waals surface area contributed by atoms with Gasteiger partial charge in [-0.1, -0.05) is 0 Å². The quantitative estimate of drug-likeness (QED) is 0.499. The van der Waals surface area contributed by atoms with Crippen LogP contribution in [0.3, 0.4) is 0 Å². The molecule has 26 unspecified atom stereocenters. The van der Waals surface area contributed by atoms with E-state index in [1.54, 1.807) is 38.5 Å². The Morgan fingerprint density at radius 3 is 1.16 bits per heavy atom. The van der Waals surface area contributed by atoms with Crippen molar-refractivity contribution in [2.24, 2.45) is 153 Å². The third-order valence-electron chi connectivity index (χ3n) is 20.2. The predicted octanol–water partition coefficient (Wildman–Crippen LogP) is 5.29. The summed E-state index contributed by atoms with van der Waals surface area (Å²) in [5.41, 5.74) is 2.00. The summed E-state index contributed by atoms with van der Waals surface area (Å²) in [6.07, 6.45) is 10.3. The van der Waals surface area contributed by atoms with E-state index >= 15 is 0 Å². The maximum Gasteiger partial charge on any atom is -0.0133 e. The normalized spacial score (nSPS) is 97.5. The van der Waals surface area contributed by atoms with Gasteiger partial charge in [0.1, 0.15) is 0 Å². The van der Waals surface area contributed by atoms with E-state index in [1.807, 2.05) is 0 Å². The predicted molar refractivity (Wildman–Crippen MR) is 116 cm³/mol. The fourth-order valence-electron chi connectivity index (χ4n) is 20.6. The lowest BCUT2D eigenvalue weighted by molar-refractivity contribution is -0.618. The summed E-state index contributed by atoms with van der Waals surface area (Å²) in [4.78, 5) is 0. The molecule has 2 spiro atoms. The molecule has 15 saturated carbocycles. The molecule has 0 heterocycles. The first kappa shape index (κ1) is 14.5. The van der Waals surface area contributed by atoms with E-state index < -0.39 is 0 Å². The summed E-state index contributed by atoms with van der Waals surface area (Å²) in [5, 5.41) is 0. The Bertz CT molecular complexity index is 1070. The molecule has 15 aliphatic rings. The van der Waals surface area contributed by atoms with E-state index in [1.165, 1.54) is 142 Å². The smallest absolute Gasteiger partial charge is 0.0133 e. The molecule has 26 atom stereocenters. The highest BCUT2D eigenvalue weighted by atomic mass is 15.1. The van der Waals surface area contributed by atoms with E-state index in [9.17, 15) is 0 Å². The fourth-order valence-corrected chi connectivity index (χ4v) is 20.6. The van der Waals surface area contributed by atoms with Gasteiger partial charge in [-0.3, -0.25) is 0 Å². The van der Waals surface area contributed by atoms with Gasteiger partial charge in [0.15, 0.2) is 0 Å². The molecule has 0 N–H and O–H groups in total. The van der Waals surface area contributed by atoms with E-state index in [0.717, 1.165) is 10.8 Å². The van der Waals surface area contributed by atoms with E-state index in [-0.39, 0.29) is 0 Å². The standard InChI is InChI=1S/C32H36/c1-3-9-7(1)17-21(9)27-25(17)29-30-26-18-8-2-4-10(8)22(18)28(26)32(30)14-6-12-16(14)24-20(12)19-11-5-13(31(27,29)32)15(11)23(19)24/h7-30H,1-6H2. The third-order valence-corrected chi connectivity index (χ3v) is 20.2. The highest BCUT2D eigenvalue weighted by Gasteiger charge is 3.05. The Morgan fingerprint density at radius 1 is 0.312 bits per heavy atom. The Balaban J connectivity index is 0.995. The summed E-state index contributed by atoms with van der Waals surface area (Å²) in [6.45, 7) is 0. The zero-order valence-electron chi connectivity index (χ0n) is 19.1. The van der Waals surface area contributed by atoms with Gasteiger partial charge in [0.2, 0.25) is 0 Å². The fraction of sp³-hybridized carbons (Fsp3) is 1.00. The van der Waals surface area contributed by atoms with Crippen LogP contribution in [0.15, 0.2) is 0 Å². The number of hydrogen-bond acceptors (Lipinski definition) is 0. The van der Waals surface area contributed by atoms with Crippen LogP contribution < -0.4 is 0 Å². The summed E-state index contributed by atoms with van der Waals surface area (Å²) in [7, 11) is 0. The number of hydrogen-bond donors (Lipinski definition) is 0. The van der Waals surface area contributed by atoms with Gasteiger partial charge >= 0.3 is 0 Å². The van der Waals surface area contributed by atoms with Gasteiger partial charge in [0.25, 0.3) is 0 Å². The molecule has 15 fully saturated rings. The Kier molecular flexibility index (Phi) is 1.56. The molecular formula is C32H36. The van der Waals surface area contributed by atoms with Crippen LogP contribution in [0.25, 0.3) is 0 Å². The van der Waals surface area contributed by atoms with Crippen LogP contribution in [-0.4, -0.2) is 0 Å². The molecular weight excluding hydrogens is 384 g/mol. The lowest BCUT2D eigenvalue weighted by atomic mass is 8.96. The largest absolute Gasteiger partial charge is 0.0496 e. The van der Waals surface area contributed by atoms with Crippen molar-refractivity contribution in [3.63, 3.8) is 0 Å². The van der Waals surface area contributed by atoms with Gasteiger partial charge in [0.05, 0.1) is 0 Å². The topological polar surface area (TPSA) is 0 Å². The molecule has 0 aromatic carbocycles. The first-order valence-corrected chi connectivity index (χ1v) is 15.9. The van der Waals surface area contributed by atoms with Crippen LogP contribution in [0.2, 0.25) is 0 Å². The minimum Gasteiger partial charge on any atom is -0.0496 e. The minimum absolute atomic E-state index is 0.998. The second-order valence-corrected chi connectivity index (χ2v) is 17.7. The molecule has 0 heteroatoms. The second-order valence-electron chi connectivity index (χ2n) is 17.7. The SMILES string of the molecule is C1CC2C1C1C2C2C1C1C3C4C5C6CCC6C5C4C34C3CC5C6C7C8CC(C8C7C6C53)C214. The Morgan fingerprint density at radius 2 is 0.719 bits per heavy atom. The molecule has 0 amide bonds. The Labute approximate surface area is 191 Å². The lowest BCUT2D eigenvalue weighted by Crippen LogP contribution is -3.05. The molecule has 0 radical (unpaired) electrons. The molecule has 0 aromatic heterocycles. The van der Waals surface area contributed by atoms with Gasteiger partial charge < -0.3 is 0 Å². The minimum atomic E-state index is 0.998. The number of fused-ring (bicyclic) bond motifs is 20. The first-order valence-electron chi connectivity index (χ1n) is 15.9. The monoisotopic (exact) mass is 420 g/mol. The highest BCUT2D eigenvalue weighted by Crippen LogP contribution is 3.08. The first-order chi connectivity index (χ1) is 15.9. The third kappa shape index (κ3) is 0.787. The summed E-state index contributed by atoms with van der Waals surface area (Å²) >= 11 is 0. The molecule has 164 valence electrons. The summed E-state index contributed by atoms with van der Waals surface area (Å²) in [5.74, 6) is 31.3. The lowest BCUT2D eigenvalue weighted by Gasteiger charge is -3.08. The van der Waals surface area contributed by atoms with Crippen LogP contribution in [0.1, 0.15) is 38.5 Å². The van der Waals surface area contributed by atoms with E-state index in [0.29, 0.717) is 0 Å². The average molecular weight is 421 g/mol. The van der Waals surface area contributed by atoms with Crippen LogP contribution in [0.5, 0.6) is 0 Å². The van der Waals surface area contributed by atoms with Crippen molar-refractivity contribution < 1.29 is 0 Å². The molecule has 0 saturated heterocycles. The van der Waals surface area contributed by atoms with E-state index in [4.69, 9.17) is 0 Å². The molecule has 0 bridgehead atoms. The zero-order chi connectivity index (χ0) is 19.1. The number of rotatable bonds is 0. The molecule has 15 aliphatic carbocycles. The van der Waals surface area contributed by atoms with Crippen molar-refractivity contribution in [3.8, 4) is 0 Å². The van der Waals surface area contributed by atoms with Crippen molar-refractivity contribution >= 4 is 0 Å². The van der Waals surface area contributed by atoms with E-state index in [2.05, 4.69) is 0 Å². The van der Waals surface area contributed by atoms with Crippen molar-refractivity contribution in [1.29, 1.82) is 0 Å². The summed E-state index contributed by atoms with van der Waals surface area (Å²) < 4.78 is 0. The van der Waals surface area contributed by atoms with Gasteiger partial charge in [-0.25, -0.2) is 0 Å². The average Bonchev–Trinajstić information content (AvgIpc) is 2.71. The van der Waals surface area contributed by atoms with Crippen LogP contribution >= 0.6 is 0 Å². The maximum absolute atomic E-state index is 1.79. The van der Waals surface area contributed by atoms with Crippen molar-refractivity contribution in [3.05, 3.63) is 0 Å². The van der Waals surface area contributed by atoms with Crippen LogP contribution in [0.4, 0.5) is 0 Å². The maximum atomic E-state index is 1.79. The van der Waals surface area contributed by atoms with Crippen LogP contribution in [0, 0.1) is 153 Å². The molecule has 32 heavy (non-hydrogen) atoms. The molecule has 0 aromatic rings. The zero-order valence-corrected chi connectivity index (χ0v) is 19.1. The highest BCUT2D eigenvalue weighted by molar-refractivity contribution is 5.51. The van der Waals surface area contributed by atoms with Gasteiger partial charge in [0, 0.05) is 0 Å². The van der Waals surface area contributed by atoms with Crippen LogP contribution in [-0.2, 0) is 0 Å². The molecule has 0 nitrogen and oxygen atoms in total.